The summed E-state index contributed by atoms with van der Waals surface area (Å²) < 4.78 is 5.53. The average Bonchev–Trinajstić information content (AvgIpc) is 2.85. The maximum Gasteiger partial charge on any atom is 0.264 e. The van der Waals surface area contributed by atoms with E-state index in [4.69, 9.17) is 4.42 Å². The van der Waals surface area contributed by atoms with E-state index in [2.05, 4.69) is 22.1 Å². The molecule has 0 aliphatic carbocycles. The molecule has 0 saturated heterocycles. The molecule has 0 aromatic carbocycles. The van der Waals surface area contributed by atoms with Crippen LogP contribution in [0, 0.1) is 13.8 Å². The lowest BCUT2D eigenvalue weighted by Crippen LogP contribution is -1.83. The van der Waals surface area contributed by atoms with Crippen LogP contribution in [0.15, 0.2) is 4.42 Å². The number of hydrogen-bond donors (Lipinski definition) is 1. The number of carbonyl (C=O) groups is 1. The van der Waals surface area contributed by atoms with Gasteiger partial charge in [-0.1, -0.05) is 6.92 Å². The first-order chi connectivity index (χ1) is 8.17. The molecule has 17 heavy (non-hydrogen) atoms. The van der Waals surface area contributed by atoms with Crippen molar-refractivity contribution in [1.29, 1.82) is 0 Å². The number of aromatic amines is 1. The van der Waals surface area contributed by atoms with E-state index in [-0.39, 0.29) is 0 Å². The summed E-state index contributed by atoms with van der Waals surface area (Å²) in [7, 11) is 0. The Hall–Kier alpha value is -1.91. The molecule has 0 bridgehead atoms. The molecule has 5 nitrogen and oxygen atoms in total. The molecular weight excluding hydrogens is 218 g/mol. The van der Waals surface area contributed by atoms with Gasteiger partial charge in [0, 0.05) is 17.7 Å². The Morgan fingerprint density at radius 3 is 2.71 bits per heavy atom. The first-order valence-electron chi connectivity index (χ1n) is 5.64. The fourth-order valence-corrected chi connectivity index (χ4v) is 1.82. The van der Waals surface area contributed by atoms with Crippen LogP contribution in [-0.2, 0) is 6.42 Å². The number of aromatic nitrogens is 3. The molecular formula is C12H15N3O2. The van der Waals surface area contributed by atoms with Gasteiger partial charge in [-0.2, -0.15) is 0 Å². The Kier molecular flexibility index (Phi) is 3.08. The molecule has 2 heterocycles. The third-order valence-electron chi connectivity index (χ3n) is 2.76. The Balaban J connectivity index is 2.42. The molecule has 2 aromatic heterocycles. The molecule has 90 valence electrons. The summed E-state index contributed by atoms with van der Waals surface area (Å²) in [5.41, 5.74) is 3.07. The summed E-state index contributed by atoms with van der Waals surface area (Å²) in [4.78, 5) is 14.0. The van der Waals surface area contributed by atoms with Gasteiger partial charge in [0.2, 0.25) is 5.89 Å². The summed E-state index contributed by atoms with van der Waals surface area (Å²) in [6.45, 7) is 5.77. The highest BCUT2D eigenvalue weighted by Gasteiger charge is 2.17. The van der Waals surface area contributed by atoms with Crippen molar-refractivity contribution >= 4 is 6.29 Å². The number of rotatable bonds is 4. The molecule has 0 fully saturated rings. The standard InChI is InChI=1S/C12H15N3O2/c1-4-5-10-14-15-12(17-10)11-7(2)9(6-16)8(3)13-11/h6,13H,4-5H2,1-3H3. The summed E-state index contributed by atoms with van der Waals surface area (Å²) >= 11 is 0. The van der Waals surface area contributed by atoms with E-state index in [9.17, 15) is 4.79 Å². The second-order valence-electron chi connectivity index (χ2n) is 4.03. The van der Waals surface area contributed by atoms with Gasteiger partial charge in [-0.15, -0.1) is 10.2 Å². The Bertz CT molecular complexity index is 540. The van der Waals surface area contributed by atoms with Gasteiger partial charge in [-0.3, -0.25) is 4.79 Å². The number of nitrogens with one attached hydrogen (secondary N) is 1. The fraction of sp³-hybridized carbons (Fsp3) is 0.417. The van der Waals surface area contributed by atoms with Crippen LogP contribution < -0.4 is 0 Å². The van der Waals surface area contributed by atoms with Crippen molar-refractivity contribution in [3.05, 3.63) is 22.7 Å². The minimum atomic E-state index is 0.446. The lowest BCUT2D eigenvalue weighted by Gasteiger charge is -1.92. The van der Waals surface area contributed by atoms with Crippen molar-refractivity contribution in [2.24, 2.45) is 0 Å². The molecule has 0 radical (unpaired) electrons. The van der Waals surface area contributed by atoms with Crippen LogP contribution in [0.5, 0.6) is 0 Å². The van der Waals surface area contributed by atoms with Crippen LogP contribution in [0.25, 0.3) is 11.6 Å². The van der Waals surface area contributed by atoms with E-state index in [1.54, 1.807) is 0 Å². The van der Waals surface area contributed by atoms with Crippen molar-refractivity contribution in [3.8, 4) is 11.6 Å². The van der Waals surface area contributed by atoms with Gasteiger partial charge < -0.3 is 9.40 Å². The highest BCUT2D eigenvalue weighted by Crippen LogP contribution is 2.25. The van der Waals surface area contributed by atoms with Gasteiger partial charge in [0.15, 0.2) is 6.29 Å². The Morgan fingerprint density at radius 1 is 1.35 bits per heavy atom. The van der Waals surface area contributed by atoms with E-state index < -0.39 is 0 Å². The first-order valence-corrected chi connectivity index (χ1v) is 5.64. The predicted molar refractivity (Wildman–Crippen MR) is 62.9 cm³/mol. The van der Waals surface area contributed by atoms with E-state index in [1.807, 2.05) is 13.8 Å². The van der Waals surface area contributed by atoms with E-state index in [1.165, 1.54) is 0 Å². The van der Waals surface area contributed by atoms with Gasteiger partial charge in [-0.25, -0.2) is 0 Å². The Labute approximate surface area is 99.3 Å². The molecule has 2 rings (SSSR count). The van der Waals surface area contributed by atoms with Gasteiger partial charge in [-0.05, 0) is 25.8 Å². The molecule has 0 aliphatic heterocycles. The number of carbonyl (C=O) groups excluding carboxylic acids is 1. The van der Waals surface area contributed by atoms with Gasteiger partial charge >= 0.3 is 0 Å². The molecule has 0 amide bonds. The van der Waals surface area contributed by atoms with Crippen LogP contribution >= 0.6 is 0 Å². The van der Waals surface area contributed by atoms with Crippen molar-refractivity contribution in [2.75, 3.05) is 0 Å². The lowest BCUT2D eigenvalue weighted by molar-refractivity contribution is 0.112. The molecule has 0 saturated carbocycles. The van der Waals surface area contributed by atoms with Crippen LogP contribution in [0.3, 0.4) is 0 Å². The zero-order valence-electron chi connectivity index (χ0n) is 10.2. The van der Waals surface area contributed by atoms with Crippen LogP contribution in [-0.4, -0.2) is 21.5 Å². The van der Waals surface area contributed by atoms with Crippen LogP contribution in [0.1, 0.15) is 40.9 Å². The number of aryl methyl sites for hydroxylation is 2. The van der Waals surface area contributed by atoms with Crippen LogP contribution in [0.2, 0.25) is 0 Å². The zero-order valence-corrected chi connectivity index (χ0v) is 10.2. The monoisotopic (exact) mass is 233 g/mol. The fourth-order valence-electron chi connectivity index (χ4n) is 1.82. The molecule has 5 heteroatoms. The van der Waals surface area contributed by atoms with Crippen molar-refractivity contribution < 1.29 is 9.21 Å². The average molecular weight is 233 g/mol. The molecule has 1 N–H and O–H groups in total. The smallest absolute Gasteiger partial charge is 0.264 e. The number of hydrogen-bond acceptors (Lipinski definition) is 4. The minimum absolute atomic E-state index is 0.446. The molecule has 0 unspecified atom stereocenters. The third-order valence-corrected chi connectivity index (χ3v) is 2.76. The van der Waals surface area contributed by atoms with Gasteiger partial charge in [0.05, 0.1) is 0 Å². The topological polar surface area (TPSA) is 71.8 Å². The van der Waals surface area contributed by atoms with Crippen LogP contribution in [0.4, 0.5) is 0 Å². The predicted octanol–water partition coefficient (Wildman–Crippen LogP) is 2.45. The van der Waals surface area contributed by atoms with E-state index in [0.717, 1.165) is 36.1 Å². The quantitative estimate of drug-likeness (QED) is 0.823. The maximum atomic E-state index is 10.9. The minimum Gasteiger partial charge on any atom is -0.419 e. The normalized spacial score (nSPS) is 10.8. The maximum absolute atomic E-state index is 10.9. The largest absolute Gasteiger partial charge is 0.419 e. The summed E-state index contributed by atoms with van der Waals surface area (Å²) in [5.74, 6) is 1.07. The molecule has 0 atom stereocenters. The van der Waals surface area contributed by atoms with E-state index >= 15 is 0 Å². The Morgan fingerprint density at radius 2 is 2.12 bits per heavy atom. The SMILES string of the molecule is CCCc1nnc(-c2[nH]c(C)c(C=O)c2C)o1. The van der Waals surface area contributed by atoms with Crippen molar-refractivity contribution in [2.45, 2.75) is 33.6 Å². The lowest BCUT2D eigenvalue weighted by atomic mass is 10.1. The highest BCUT2D eigenvalue weighted by molar-refractivity contribution is 5.82. The van der Waals surface area contributed by atoms with E-state index in [0.29, 0.717) is 17.3 Å². The number of nitrogens with zero attached hydrogens (tertiary/aromatic N) is 2. The molecule has 0 spiro atoms. The second-order valence-corrected chi connectivity index (χ2v) is 4.03. The van der Waals surface area contributed by atoms with Crippen molar-refractivity contribution in [3.63, 3.8) is 0 Å². The number of H-pyrrole nitrogens is 1. The number of aldehydes is 1. The highest BCUT2D eigenvalue weighted by atomic mass is 16.4. The van der Waals surface area contributed by atoms with Gasteiger partial charge in [0.1, 0.15) is 5.69 Å². The first kappa shape index (κ1) is 11.6. The van der Waals surface area contributed by atoms with Gasteiger partial charge in [0.25, 0.3) is 5.89 Å². The molecule has 2 aromatic rings. The third kappa shape index (κ3) is 2.00. The summed E-state index contributed by atoms with van der Waals surface area (Å²) in [5, 5.41) is 7.95. The summed E-state index contributed by atoms with van der Waals surface area (Å²) in [6, 6.07) is 0. The second kappa shape index (κ2) is 4.53. The molecule has 0 aliphatic rings. The zero-order chi connectivity index (χ0) is 12.4. The summed E-state index contributed by atoms with van der Waals surface area (Å²) in [6.07, 6.45) is 2.57. The van der Waals surface area contributed by atoms with Crippen molar-refractivity contribution in [1.82, 2.24) is 15.2 Å².